The van der Waals surface area contributed by atoms with Crippen LogP contribution in [0.15, 0.2) is 36.4 Å². The first-order valence-electron chi connectivity index (χ1n) is 8.88. The molecule has 0 fully saturated rings. The summed E-state index contributed by atoms with van der Waals surface area (Å²) in [5.41, 5.74) is 3.87. The van der Waals surface area contributed by atoms with Gasteiger partial charge in [-0.3, -0.25) is 4.79 Å². The summed E-state index contributed by atoms with van der Waals surface area (Å²) in [5, 5.41) is 3.00. The van der Waals surface area contributed by atoms with E-state index in [0.717, 1.165) is 29.9 Å². The molecule has 0 bridgehead atoms. The highest BCUT2D eigenvalue weighted by Crippen LogP contribution is 2.26. The molecule has 0 unspecified atom stereocenters. The number of hydrogen-bond donors (Lipinski definition) is 1. The van der Waals surface area contributed by atoms with Crippen molar-refractivity contribution in [3.8, 4) is 11.5 Å². The molecule has 2 aromatic rings. The van der Waals surface area contributed by atoms with Crippen molar-refractivity contribution < 1.29 is 14.3 Å². The number of carbonyl (C=O) groups is 1. The number of carbonyl (C=O) groups excluding carboxylic acids is 1. The molecule has 26 heavy (non-hydrogen) atoms. The van der Waals surface area contributed by atoms with Crippen molar-refractivity contribution in [2.45, 2.75) is 27.2 Å². The molecule has 0 aromatic heterocycles. The van der Waals surface area contributed by atoms with Gasteiger partial charge in [0.1, 0.15) is 11.5 Å². The van der Waals surface area contributed by atoms with E-state index in [9.17, 15) is 4.79 Å². The molecule has 5 heteroatoms. The molecule has 2 aromatic carbocycles. The molecule has 5 nitrogen and oxygen atoms in total. The topological polar surface area (TPSA) is 50.8 Å². The molecule has 1 N–H and O–H groups in total. The highest BCUT2D eigenvalue weighted by Gasteiger charge is 2.12. The monoisotopic (exact) mass is 356 g/mol. The van der Waals surface area contributed by atoms with Crippen molar-refractivity contribution in [3.05, 3.63) is 47.5 Å². The zero-order valence-electron chi connectivity index (χ0n) is 16.3. The third-order valence-corrected chi connectivity index (χ3v) is 4.46. The predicted molar refractivity (Wildman–Crippen MR) is 107 cm³/mol. The molecule has 0 radical (unpaired) electrons. The van der Waals surface area contributed by atoms with Crippen LogP contribution in [0.3, 0.4) is 0 Å². The largest absolute Gasteiger partial charge is 0.497 e. The maximum absolute atomic E-state index is 12.5. The van der Waals surface area contributed by atoms with Gasteiger partial charge >= 0.3 is 0 Å². The Morgan fingerprint density at radius 3 is 2.35 bits per heavy atom. The summed E-state index contributed by atoms with van der Waals surface area (Å²) in [6.07, 6.45) is 0.240. The third kappa shape index (κ3) is 4.69. The van der Waals surface area contributed by atoms with E-state index < -0.39 is 0 Å². The van der Waals surface area contributed by atoms with Crippen LogP contribution in [0, 0.1) is 6.92 Å². The van der Waals surface area contributed by atoms with Gasteiger partial charge in [-0.2, -0.15) is 0 Å². The van der Waals surface area contributed by atoms with E-state index >= 15 is 0 Å². The van der Waals surface area contributed by atoms with Crippen molar-refractivity contribution >= 4 is 17.3 Å². The molecule has 0 saturated carbocycles. The van der Waals surface area contributed by atoms with Gasteiger partial charge in [0.2, 0.25) is 5.91 Å². The Balaban J connectivity index is 2.11. The minimum absolute atomic E-state index is 0.0767. The lowest BCUT2D eigenvalue weighted by Gasteiger charge is -2.22. The number of hydrogen-bond acceptors (Lipinski definition) is 4. The lowest BCUT2D eigenvalue weighted by molar-refractivity contribution is -0.115. The Kier molecular flexibility index (Phi) is 6.89. The minimum Gasteiger partial charge on any atom is -0.497 e. The smallest absolute Gasteiger partial charge is 0.228 e. The van der Waals surface area contributed by atoms with Crippen LogP contribution in [0.1, 0.15) is 25.0 Å². The highest BCUT2D eigenvalue weighted by atomic mass is 16.5. The quantitative estimate of drug-likeness (QED) is 0.775. The number of methoxy groups -OCH3 is 2. The zero-order valence-corrected chi connectivity index (χ0v) is 16.3. The van der Waals surface area contributed by atoms with Crippen molar-refractivity contribution in [3.63, 3.8) is 0 Å². The Morgan fingerprint density at radius 1 is 1.04 bits per heavy atom. The van der Waals surface area contributed by atoms with Crippen LogP contribution in [-0.2, 0) is 11.2 Å². The van der Waals surface area contributed by atoms with Gasteiger partial charge in [-0.15, -0.1) is 0 Å². The molecule has 0 aliphatic rings. The van der Waals surface area contributed by atoms with Gasteiger partial charge in [-0.1, -0.05) is 6.07 Å². The van der Waals surface area contributed by atoms with Gasteiger partial charge < -0.3 is 19.7 Å². The molecule has 0 aliphatic carbocycles. The van der Waals surface area contributed by atoms with E-state index in [1.165, 1.54) is 5.69 Å². The van der Waals surface area contributed by atoms with Crippen LogP contribution >= 0.6 is 0 Å². The van der Waals surface area contributed by atoms with Crippen LogP contribution in [0.2, 0.25) is 0 Å². The number of benzene rings is 2. The number of nitrogens with zero attached hydrogens (tertiary/aromatic N) is 1. The molecule has 0 spiro atoms. The molecule has 0 atom stereocenters. The number of aryl methyl sites for hydroxylation is 1. The van der Waals surface area contributed by atoms with E-state index in [1.54, 1.807) is 20.3 Å². The van der Waals surface area contributed by atoms with Gasteiger partial charge in [0.25, 0.3) is 0 Å². The first-order valence-corrected chi connectivity index (χ1v) is 8.88. The average Bonchev–Trinajstić information content (AvgIpc) is 2.65. The van der Waals surface area contributed by atoms with E-state index in [-0.39, 0.29) is 12.3 Å². The molecule has 0 saturated heterocycles. The van der Waals surface area contributed by atoms with E-state index in [1.807, 2.05) is 31.2 Å². The molecular formula is C21H28N2O3. The van der Waals surface area contributed by atoms with Gasteiger partial charge in [0.15, 0.2) is 0 Å². The van der Waals surface area contributed by atoms with Gasteiger partial charge in [-0.25, -0.2) is 0 Å². The van der Waals surface area contributed by atoms with Crippen LogP contribution in [0.25, 0.3) is 0 Å². The average molecular weight is 356 g/mol. The first-order chi connectivity index (χ1) is 12.5. The Morgan fingerprint density at radius 2 is 1.77 bits per heavy atom. The van der Waals surface area contributed by atoms with Crippen molar-refractivity contribution in [2.75, 3.05) is 37.5 Å². The summed E-state index contributed by atoms with van der Waals surface area (Å²) in [4.78, 5) is 14.8. The maximum atomic E-state index is 12.5. The fourth-order valence-electron chi connectivity index (χ4n) is 2.94. The SMILES string of the molecule is CCN(CC)c1ccc(NC(=O)Cc2ccc(OC)cc2OC)c(C)c1. The first kappa shape index (κ1) is 19.6. The fourth-order valence-corrected chi connectivity index (χ4v) is 2.94. The standard InChI is InChI=1S/C21H28N2O3/c1-6-23(7-2)17-9-11-19(15(3)12-17)22-21(24)13-16-8-10-18(25-4)14-20(16)26-5/h8-12,14H,6-7,13H2,1-5H3,(H,22,24). The number of rotatable bonds is 8. The van der Waals surface area contributed by atoms with E-state index in [0.29, 0.717) is 11.5 Å². The summed E-state index contributed by atoms with van der Waals surface area (Å²) in [5.74, 6) is 1.27. The fraction of sp³-hybridized carbons (Fsp3) is 0.381. The van der Waals surface area contributed by atoms with Crippen molar-refractivity contribution in [1.82, 2.24) is 0 Å². The van der Waals surface area contributed by atoms with Crippen LogP contribution < -0.4 is 19.7 Å². The van der Waals surface area contributed by atoms with Crippen molar-refractivity contribution in [1.29, 1.82) is 0 Å². The summed E-state index contributed by atoms with van der Waals surface area (Å²) < 4.78 is 10.6. The number of anilines is 2. The highest BCUT2D eigenvalue weighted by molar-refractivity contribution is 5.93. The van der Waals surface area contributed by atoms with Crippen LogP contribution in [-0.4, -0.2) is 33.2 Å². The summed E-state index contributed by atoms with van der Waals surface area (Å²) in [6.45, 7) is 8.20. The number of nitrogens with one attached hydrogen (secondary N) is 1. The Bertz CT molecular complexity index is 755. The molecule has 0 aliphatic heterocycles. The molecule has 0 heterocycles. The van der Waals surface area contributed by atoms with Crippen LogP contribution in [0.4, 0.5) is 11.4 Å². The van der Waals surface area contributed by atoms with Gasteiger partial charge in [0.05, 0.1) is 20.6 Å². The second kappa shape index (κ2) is 9.13. The Labute approximate surface area is 155 Å². The minimum atomic E-state index is -0.0767. The lowest BCUT2D eigenvalue weighted by Crippen LogP contribution is -2.22. The van der Waals surface area contributed by atoms with E-state index in [4.69, 9.17) is 9.47 Å². The van der Waals surface area contributed by atoms with Gasteiger partial charge in [0, 0.05) is 36.1 Å². The molecule has 1 amide bonds. The van der Waals surface area contributed by atoms with Crippen molar-refractivity contribution in [2.24, 2.45) is 0 Å². The normalized spacial score (nSPS) is 10.3. The number of ether oxygens (including phenoxy) is 2. The summed E-state index contributed by atoms with van der Waals surface area (Å²) in [6, 6.07) is 11.6. The van der Waals surface area contributed by atoms with Gasteiger partial charge in [-0.05, 0) is 50.6 Å². The molecule has 140 valence electrons. The molecule has 2 rings (SSSR count). The second-order valence-electron chi connectivity index (χ2n) is 6.07. The summed E-state index contributed by atoms with van der Waals surface area (Å²) >= 11 is 0. The summed E-state index contributed by atoms with van der Waals surface area (Å²) in [7, 11) is 3.19. The van der Waals surface area contributed by atoms with Crippen LogP contribution in [0.5, 0.6) is 11.5 Å². The molecular weight excluding hydrogens is 328 g/mol. The predicted octanol–water partition coefficient (Wildman–Crippen LogP) is 4.04. The third-order valence-electron chi connectivity index (χ3n) is 4.46. The number of amides is 1. The lowest BCUT2D eigenvalue weighted by atomic mass is 10.1. The van der Waals surface area contributed by atoms with E-state index in [2.05, 4.69) is 30.1 Å². The Hall–Kier alpha value is -2.69. The zero-order chi connectivity index (χ0) is 19.1. The second-order valence-corrected chi connectivity index (χ2v) is 6.07. The maximum Gasteiger partial charge on any atom is 0.228 e.